The zero-order chi connectivity index (χ0) is 26.0. The van der Waals surface area contributed by atoms with Crippen molar-refractivity contribution in [3.8, 4) is 0 Å². The summed E-state index contributed by atoms with van der Waals surface area (Å²) < 4.78 is 1.34. The summed E-state index contributed by atoms with van der Waals surface area (Å²) in [7, 11) is 0. The van der Waals surface area contributed by atoms with E-state index in [1.807, 2.05) is 0 Å². The van der Waals surface area contributed by atoms with Gasteiger partial charge in [0, 0.05) is 5.56 Å². The van der Waals surface area contributed by atoms with Gasteiger partial charge in [-0.15, -0.1) is 0 Å². The minimum atomic E-state index is 1.25. The molecule has 0 aliphatic rings. The van der Waals surface area contributed by atoms with Crippen molar-refractivity contribution >= 4 is 0 Å². The normalized spacial score (nSPS) is 11.9. The molecular weight excluding hydrogens is 434 g/mol. The second-order valence-corrected chi connectivity index (χ2v) is 11.9. The Hall–Kier alpha value is -0.820. The molecule has 1 heteroatoms. The Balaban J connectivity index is 2.44. The standard InChI is InChI=1S/C35H66N/c1-4-7-10-12-14-16-18-20-22-27-32-36(31-9-6-3,34-35-29-25-24-26-30-35)33-28-23-21-19-17-15-13-11-8-5-2/h24-26,29-30H,4-23,27-28,31-34H2,1-3H3/q+1. The second kappa shape index (κ2) is 24.5. The lowest BCUT2D eigenvalue weighted by Crippen LogP contribution is -2.49. The number of hydrogen-bond donors (Lipinski definition) is 0. The summed E-state index contributed by atoms with van der Waals surface area (Å²) in [6.45, 7) is 12.4. The lowest BCUT2D eigenvalue weighted by atomic mass is 10.0. The van der Waals surface area contributed by atoms with E-state index < -0.39 is 0 Å². The molecule has 0 aromatic heterocycles. The third-order valence-electron chi connectivity index (χ3n) is 8.32. The van der Waals surface area contributed by atoms with Crippen molar-refractivity contribution in [2.75, 3.05) is 19.6 Å². The quantitative estimate of drug-likeness (QED) is 0.0832. The SMILES string of the molecule is CCCCCCCCCCCC[N+](CCCC)(CCCCCCCCCCCC)Cc1ccccc1. The highest BCUT2D eigenvalue weighted by Gasteiger charge is 2.26. The largest absolute Gasteiger partial charge is 0.320 e. The molecule has 0 saturated carbocycles. The van der Waals surface area contributed by atoms with E-state index in [0.717, 1.165) is 0 Å². The van der Waals surface area contributed by atoms with Crippen LogP contribution in [0.2, 0.25) is 0 Å². The first kappa shape index (κ1) is 33.2. The number of unbranched alkanes of at least 4 members (excludes halogenated alkanes) is 19. The molecule has 0 aliphatic carbocycles. The van der Waals surface area contributed by atoms with Crippen molar-refractivity contribution < 1.29 is 4.48 Å². The van der Waals surface area contributed by atoms with Gasteiger partial charge in [0.15, 0.2) is 0 Å². The first-order valence-electron chi connectivity index (χ1n) is 16.7. The molecule has 0 saturated heterocycles. The lowest BCUT2D eigenvalue weighted by molar-refractivity contribution is -0.941. The van der Waals surface area contributed by atoms with E-state index in [9.17, 15) is 0 Å². The molecular formula is C35H66N+. The van der Waals surface area contributed by atoms with E-state index >= 15 is 0 Å². The Bertz CT molecular complexity index is 527. The van der Waals surface area contributed by atoms with Gasteiger partial charge >= 0.3 is 0 Å². The Morgan fingerprint density at radius 1 is 0.389 bits per heavy atom. The predicted molar refractivity (Wildman–Crippen MR) is 164 cm³/mol. The number of nitrogens with zero attached hydrogens (tertiary/aromatic N) is 1. The van der Waals surface area contributed by atoms with Gasteiger partial charge in [-0.25, -0.2) is 0 Å². The average Bonchev–Trinajstić information content (AvgIpc) is 2.90. The molecule has 0 fully saturated rings. The van der Waals surface area contributed by atoms with E-state index in [-0.39, 0.29) is 0 Å². The summed E-state index contributed by atoms with van der Waals surface area (Å²) in [5, 5.41) is 0. The fourth-order valence-corrected chi connectivity index (χ4v) is 5.91. The molecule has 0 amide bonds. The van der Waals surface area contributed by atoms with Gasteiger partial charge < -0.3 is 4.48 Å². The smallest absolute Gasteiger partial charge is 0.104 e. The van der Waals surface area contributed by atoms with Crippen LogP contribution in [-0.4, -0.2) is 24.1 Å². The van der Waals surface area contributed by atoms with Crippen molar-refractivity contribution in [2.24, 2.45) is 0 Å². The molecule has 1 aromatic rings. The summed E-state index contributed by atoms with van der Waals surface area (Å²) in [4.78, 5) is 0. The molecule has 1 aromatic carbocycles. The van der Waals surface area contributed by atoms with Gasteiger partial charge in [-0.2, -0.15) is 0 Å². The molecule has 1 rings (SSSR count). The lowest BCUT2D eigenvalue weighted by Gasteiger charge is -2.39. The minimum absolute atomic E-state index is 1.25. The number of rotatable bonds is 27. The first-order valence-corrected chi connectivity index (χ1v) is 16.7. The van der Waals surface area contributed by atoms with Gasteiger partial charge in [0.25, 0.3) is 0 Å². The van der Waals surface area contributed by atoms with Gasteiger partial charge in [0.2, 0.25) is 0 Å². The third-order valence-corrected chi connectivity index (χ3v) is 8.32. The van der Waals surface area contributed by atoms with Crippen LogP contribution in [0.3, 0.4) is 0 Å². The molecule has 0 aliphatic heterocycles. The molecule has 0 unspecified atom stereocenters. The van der Waals surface area contributed by atoms with Gasteiger partial charge in [0.05, 0.1) is 19.6 Å². The van der Waals surface area contributed by atoms with Crippen LogP contribution in [0.1, 0.15) is 168 Å². The Morgan fingerprint density at radius 2 is 0.722 bits per heavy atom. The van der Waals surface area contributed by atoms with Crippen molar-refractivity contribution in [1.82, 2.24) is 0 Å². The summed E-state index contributed by atoms with van der Waals surface area (Å²) in [6.07, 6.45) is 31.5. The first-order chi connectivity index (χ1) is 17.8. The molecule has 0 radical (unpaired) electrons. The number of benzene rings is 1. The zero-order valence-corrected chi connectivity index (χ0v) is 25.2. The molecule has 210 valence electrons. The molecule has 0 spiro atoms. The van der Waals surface area contributed by atoms with Crippen molar-refractivity contribution in [3.05, 3.63) is 35.9 Å². The van der Waals surface area contributed by atoms with E-state index in [1.165, 1.54) is 172 Å². The van der Waals surface area contributed by atoms with Gasteiger partial charge in [-0.3, -0.25) is 0 Å². The van der Waals surface area contributed by atoms with Crippen LogP contribution < -0.4 is 0 Å². The topological polar surface area (TPSA) is 0 Å². The predicted octanol–water partition coefficient (Wildman–Crippen LogP) is 11.6. The maximum Gasteiger partial charge on any atom is 0.104 e. The van der Waals surface area contributed by atoms with Crippen LogP contribution in [0.25, 0.3) is 0 Å². The molecule has 1 nitrogen and oxygen atoms in total. The zero-order valence-electron chi connectivity index (χ0n) is 25.2. The summed E-state index contributed by atoms with van der Waals surface area (Å²) in [6, 6.07) is 11.4. The van der Waals surface area contributed by atoms with Gasteiger partial charge in [-0.05, 0) is 32.1 Å². The van der Waals surface area contributed by atoms with E-state index in [4.69, 9.17) is 0 Å². The van der Waals surface area contributed by atoms with Crippen molar-refractivity contribution in [1.29, 1.82) is 0 Å². The van der Waals surface area contributed by atoms with Gasteiger partial charge in [0.1, 0.15) is 6.54 Å². The van der Waals surface area contributed by atoms with Crippen LogP contribution in [0.15, 0.2) is 30.3 Å². The van der Waals surface area contributed by atoms with Crippen LogP contribution in [0.4, 0.5) is 0 Å². The number of hydrogen-bond acceptors (Lipinski definition) is 0. The van der Waals surface area contributed by atoms with Crippen molar-refractivity contribution in [2.45, 2.75) is 169 Å². The molecule has 0 bridgehead atoms. The Kier molecular flexibility index (Phi) is 22.6. The summed E-state index contributed by atoms with van der Waals surface area (Å²) >= 11 is 0. The monoisotopic (exact) mass is 501 g/mol. The Labute approximate surface area is 228 Å². The van der Waals surface area contributed by atoms with Crippen LogP contribution in [0, 0.1) is 0 Å². The van der Waals surface area contributed by atoms with Gasteiger partial charge in [-0.1, -0.05) is 160 Å². The highest BCUT2D eigenvalue weighted by molar-refractivity contribution is 5.13. The minimum Gasteiger partial charge on any atom is -0.320 e. The van der Waals surface area contributed by atoms with Crippen molar-refractivity contribution in [3.63, 3.8) is 0 Å². The molecule has 0 atom stereocenters. The number of quaternary nitrogens is 1. The molecule has 0 N–H and O–H groups in total. The van der Waals surface area contributed by atoms with E-state index in [1.54, 1.807) is 5.56 Å². The summed E-state index contributed by atoms with van der Waals surface area (Å²) in [5.41, 5.74) is 1.55. The Morgan fingerprint density at radius 3 is 1.11 bits per heavy atom. The van der Waals surface area contributed by atoms with Crippen LogP contribution in [0.5, 0.6) is 0 Å². The highest BCUT2D eigenvalue weighted by atomic mass is 15.3. The fraction of sp³-hybridized carbons (Fsp3) is 0.829. The second-order valence-electron chi connectivity index (χ2n) is 11.9. The maximum absolute atomic E-state index is 2.37. The van der Waals surface area contributed by atoms with Crippen LogP contribution >= 0.6 is 0 Å². The average molecular weight is 501 g/mol. The fourth-order valence-electron chi connectivity index (χ4n) is 5.91. The van der Waals surface area contributed by atoms with E-state index in [2.05, 4.69) is 51.1 Å². The third kappa shape index (κ3) is 18.4. The van der Waals surface area contributed by atoms with Crippen LogP contribution in [-0.2, 0) is 6.54 Å². The maximum atomic E-state index is 2.37. The molecule has 0 heterocycles. The molecule has 36 heavy (non-hydrogen) atoms. The summed E-state index contributed by atoms with van der Waals surface area (Å²) in [5.74, 6) is 0. The van der Waals surface area contributed by atoms with E-state index in [0.29, 0.717) is 0 Å². The highest BCUT2D eigenvalue weighted by Crippen LogP contribution is 2.22.